The molecule has 2 aromatic heterocycles. The highest BCUT2D eigenvalue weighted by Crippen LogP contribution is 2.34. The molecule has 1 saturated heterocycles. The average Bonchev–Trinajstić information content (AvgIpc) is 3.13. The Bertz CT molecular complexity index is 1070. The number of ether oxygens (including phenoxy) is 1. The fourth-order valence-corrected chi connectivity index (χ4v) is 3.42. The third-order valence-corrected chi connectivity index (χ3v) is 4.97. The minimum atomic E-state index is -1.63. The van der Waals surface area contributed by atoms with E-state index in [9.17, 15) is 14.3 Å². The molecule has 0 spiro atoms. The highest BCUT2D eigenvalue weighted by Gasteiger charge is 2.26. The number of aliphatic hydroxyl groups excluding tert-OH is 1. The van der Waals surface area contributed by atoms with Gasteiger partial charge in [0.15, 0.2) is 5.82 Å². The topological polar surface area (TPSA) is 90.5 Å². The highest BCUT2D eigenvalue weighted by molar-refractivity contribution is 6.31. The second kappa shape index (κ2) is 7.94. The Morgan fingerprint density at radius 2 is 2.10 bits per heavy atom. The van der Waals surface area contributed by atoms with Crippen LogP contribution in [0.2, 0.25) is 5.02 Å². The second-order valence-electron chi connectivity index (χ2n) is 6.55. The van der Waals surface area contributed by atoms with Gasteiger partial charge in [0.05, 0.1) is 29.5 Å². The highest BCUT2D eigenvalue weighted by atomic mass is 35.5. The number of anilines is 1. The summed E-state index contributed by atoms with van der Waals surface area (Å²) >= 11 is 5.95. The number of amides is 2. The summed E-state index contributed by atoms with van der Waals surface area (Å²) in [6, 6.07) is 3.13. The molecule has 1 atom stereocenters. The molecule has 152 valence electrons. The zero-order valence-corrected chi connectivity index (χ0v) is 15.8. The molecule has 29 heavy (non-hydrogen) atoms. The van der Waals surface area contributed by atoms with Crippen LogP contribution in [0.4, 0.5) is 19.3 Å². The number of carbonyl (C=O) groups excluding carboxylic acids is 1. The maximum absolute atomic E-state index is 15.1. The first-order chi connectivity index (χ1) is 14.0. The van der Waals surface area contributed by atoms with Crippen LogP contribution in [0.25, 0.3) is 11.0 Å². The van der Waals surface area contributed by atoms with Gasteiger partial charge in [-0.25, -0.2) is 18.6 Å². The Labute approximate surface area is 169 Å². The zero-order chi connectivity index (χ0) is 20.5. The van der Waals surface area contributed by atoms with Gasteiger partial charge < -0.3 is 25.0 Å². The molecule has 2 amide bonds. The van der Waals surface area contributed by atoms with Gasteiger partial charge in [-0.05, 0) is 18.2 Å². The molecule has 3 N–H and O–H groups in total. The number of morpholine rings is 1. The van der Waals surface area contributed by atoms with Crippen LogP contribution in [0.15, 0.2) is 30.6 Å². The van der Waals surface area contributed by atoms with E-state index in [1.54, 1.807) is 6.07 Å². The number of benzene rings is 1. The van der Waals surface area contributed by atoms with E-state index in [-0.39, 0.29) is 11.3 Å². The fraction of sp³-hybridized carbons (Fsp3) is 0.263. The number of nitrogens with zero attached hydrogens (tertiary/aromatic N) is 2. The van der Waals surface area contributed by atoms with E-state index in [1.807, 2.05) is 0 Å². The molecule has 0 saturated carbocycles. The van der Waals surface area contributed by atoms with Gasteiger partial charge in [-0.2, -0.15) is 0 Å². The normalized spacial score (nSPS) is 15.5. The van der Waals surface area contributed by atoms with Crippen molar-refractivity contribution in [3.05, 3.63) is 58.4 Å². The minimum Gasteiger partial charge on any atom is -0.383 e. The van der Waals surface area contributed by atoms with Crippen LogP contribution in [0.5, 0.6) is 0 Å². The van der Waals surface area contributed by atoms with E-state index in [2.05, 4.69) is 15.3 Å². The van der Waals surface area contributed by atoms with Gasteiger partial charge in [0.25, 0.3) is 0 Å². The number of aromatic nitrogens is 2. The number of hydrogen-bond acceptors (Lipinski definition) is 4. The molecule has 1 aromatic carbocycles. The summed E-state index contributed by atoms with van der Waals surface area (Å²) in [7, 11) is 0. The van der Waals surface area contributed by atoms with Crippen LogP contribution in [-0.4, -0.2) is 52.3 Å². The summed E-state index contributed by atoms with van der Waals surface area (Å²) in [6.45, 7) is 1.52. The van der Waals surface area contributed by atoms with E-state index < -0.39 is 29.3 Å². The number of halogens is 3. The maximum Gasteiger partial charge on any atom is 0.322 e. The number of carbonyl (C=O) groups is 1. The van der Waals surface area contributed by atoms with Gasteiger partial charge in [0.2, 0.25) is 0 Å². The van der Waals surface area contributed by atoms with E-state index in [0.717, 1.165) is 12.1 Å². The van der Waals surface area contributed by atoms with Crippen LogP contribution in [0.1, 0.15) is 17.2 Å². The number of urea groups is 1. The number of hydrogen-bond donors (Lipinski definition) is 3. The Hall–Kier alpha value is -2.75. The molecule has 1 fully saturated rings. The molecule has 10 heteroatoms. The summed E-state index contributed by atoms with van der Waals surface area (Å²) in [6.07, 6.45) is 1.19. The van der Waals surface area contributed by atoms with Gasteiger partial charge in [-0.1, -0.05) is 11.6 Å². The molecular formula is C19H17ClF2N4O3. The van der Waals surface area contributed by atoms with Crippen molar-refractivity contribution < 1.29 is 23.4 Å². The lowest BCUT2D eigenvalue weighted by Gasteiger charge is -2.27. The molecule has 3 aromatic rings. The number of nitrogens with one attached hydrogen (secondary N) is 2. The average molecular weight is 423 g/mol. The van der Waals surface area contributed by atoms with Gasteiger partial charge in [0, 0.05) is 36.4 Å². The first-order valence-electron chi connectivity index (χ1n) is 8.88. The van der Waals surface area contributed by atoms with Crippen LogP contribution < -0.4 is 5.32 Å². The SMILES string of the molecule is O=C(Nc1ccc(F)c(C(O)c2c[nH]c3ncc(Cl)cc23)c1F)N1CCOCC1. The summed E-state index contributed by atoms with van der Waals surface area (Å²) in [4.78, 5) is 20.7. The van der Waals surface area contributed by atoms with Gasteiger partial charge >= 0.3 is 6.03 Å². The molecule has 0 aliphatic carbocycles. The van der Waals surface area contributed by atoms with Crippen molar-refractivity contribution in [2.24, 2.45) is 0 Å². The fourth-order valence-electron chi connectivity index (χ4n) is 3.26. The van der Waals surface area contributed by atoms with Crippen LogP contribution >= 0.6 is 11.6 Å². The number of fused-ring (bicyclic) bond motifs is 1. The van der Waals surface area contributed by atoms with Gasteiger partial charge in [0.1, 0.15) is 17.6 Å². The molecule has 0 radical (unpaired) electrons. The van der Waals surface area contributed by atoms with E-state index >= 15 is 4.39 Å². The molecule has 1 aliphatic rings. The molecule has 3 heterocycles. The Kier molecular flexibility index (Phi) is 5.35. The predicted octanol–water partition coefficient (Wildman–Crippen LogP) is 3.44. The summed E-state index contributed by atoms with van der Waals surface area (Å²) in [5.74, 6) is -1.99. The first-order valence-corrected chi connectivity index (χ1v) is 9.25. The van der Waals surface area contributed by atoms with Gasteiger partial charge in [-0.3, -0.25) is 0 Å². The summed E-state index contributed by atoms with van der Waals surface area (Å²) in [5, 5.41) is 13.9. The number of aliphatic hydroxyl groups is 1. The Morgan fingerprint density at radius 1 is 1.34 bits per heavy atom. The van der Waals surface area contributed by atoms with Crippen LogP contribution in [0, 0.1) is 11.6 Å². The molecule has 7 nitrogen and oxygen atoms in total. The summed E-state index contributed by atoms with van der Waals surface area (Å²) in [5.41, 5.74) is -0.177. The number of H-pyrrole nitrogens is 1. The largest absolute Gasteiger partial charge is 0.383 e. The summed E-state index contributed by atoms with van der Waals surface area (Å²) < 4.78 is 34.7. The molecular weight excluding hydrogens is 406 g/mol. The van der Waals surface area contributed by atoms with Crippen molar-refractivity contribution in [3.8, 4) is 0 Å². The van der Waals surface area contributed by atoms with Crippen LogP contribution in [-0.2, 0) is 4.74 Å². The van der Waals surface area contributed by atoms with Crippen molar-refractivity contribution in [1.82, 2.24) is 14.9 Å². The Morgan fingerprint density at radius 3 is 2.86 bits per heavy atom. The van der Waals surface area contributed by atoms with Gasteiger partial charge in [-0.15, -0.1) is 0 Å². The zero-order valence-electron chi connectivity index (χ0n) is 15.1. The van der Waals surface area contributed by atoms with Crippen molar-refractivity contribution in [1.29, 1.82) is 0 Å². The van der Waals surface area contributed by atoms with Crippen molar-refractivity contribution in [2.45, 2.75) is 6.10 Å². The number of rotatable bonds is 3. The lowest BCUT2D eigenvalue weighted by Crippen LogP contribution is -2.43. The smallest absolute Gasteiger partial charge is 0.322 e. The van der Waals surface area contributed by atoms with E-state index in [1.165, 1.54) is 17.3 Å². The number of aromatic amines is 1. The van der Waals surface area contributed by atoms with E-state index in [4.69, 9.17) is 16.3 Å². The van der Waals surface area contributed by atoms with E-state index in [0.29, 0.717) is 42.4 Å². The maximum atomic E-state index is 15.1. The molecule has 1 unspecified atom stereocenters. The quantitative estimate of drug-likeness (QED) is 0.603. The van der Waals surface area contributed by atoms with Crippen molar-refractivity contribution in [2.75, 3.05) is 31.6 Å². The Balaban J connectivity index is 1.67. The van der Waals surface area contributed by atoms with Crippen molar-refractivity contribution in [3.63, 3.8) is 0 Å². The standard InChI is InChI=1S/C19H17ClF2N4O3/c20-10-7-11-12(9-24-18(11)23-8-10)17(27)15-13(21)1-2-14(16(15)22)25-19(28)26-3-5-29-6-4-26/h1-2,7-9,17,27H,3-6H2,(H,23,24)(H,25,28). The molecule has 1 aliphatic heterocycles. The third-order valence-electron chi connectivity index (χ3n) is 4.76. The monoisotopic (exact) mass is 422 g/mol. The first kappa shape index (κ1) is 19.6. The second-order valence-corrected chi connectivity index (χ2v) is 6.98. The van der Waals surface area contributed by atoms with Crippen molar-refractivity contribution >= 4 is 34.4 Å². The minimum absolute atomic E-state index is 0.212. The lowest BCUT2D eigenvalue weighted by molar-refractivity contribution is 0.0564. The third kappa shape index (κ3) is 3.76. The molecule has 0 bridgehead atoms. The molecule has 4 rings (SSSR count). The van der Waals surface area contributed by atoms with Crippen LogP contribution in [0.3, 0.4) is 0 Å². The lowest BCUT2D eigenvalue weighted by atomic mass is 9.99. The number of pyridine rings is 1. The predicted molar refractivity (Wildman–Crippen MR) is 103 cm³/mol.